The highest BCUT2D eigenvalue weighted by Gasteiger charge is 2.02. The number of hydrogen-bond acceptors (Lipinski definition) is 3. The fourth-order valence-corrected chi connectivity index (χ4v) is 2.91. The van der Waals surface area contributed by atoms with Crippen LogP contribution in [-0.4, -0.2) is 12.8 Å². The summed E-state index contributed by atoms with van der Waals surface area (Å²) in [6.07, 6.45) is 10.4. The van der Waals surface area contributed by atoms with E-state index in [1.807, 2.05) is 18.2 Å². The van der Waals surface area contributed by atoms with E-state index in [2.05, 4.69) is 17.5 Å². The summed E-state index contributed by atoms with van der Waals surface area (Å²) in [6, 6.07) is 11.6. The highest BCUT2D eigenvalue weighted by Crippen LogP contribution is 2.25. The Morgan fingerprint density at radius 2 is 1.70 bits per heavy atom. The summed E-state index contributed by atoms with van der Waals surface area (Å²) in [5.74, 6) is 0.426. The van der Waals surface area contributed by atoms with Gasteiger partial charge in [-0.3, -0.25) is 5.43 Å². The molecule has 146 valence electrons. The predicted octanol–water partition coefficient (Wildman–Crippen LogP) is 7.05. The van der Waals surface area contributed by atoms with Gasteiger partial charge in [0, 0.05) is 0 Å². The Kier molecular flexibility index (Phi) is 9.70. The van der Waals surface area contributed by atoms with E-state index in [4.69, 9.17) is 16.3 Å². The van der Waals surface area contributed by atoms with Crippen LogP contribution in [0, 0.1) is 5.82 Å². The first-order valence-electron chi connectivity index (χ1n) is 9.66. The zero-order valence-electron chi connectivity index (χ0n) is 15.9. The number of ether oxygens (including phenoxy) is 1. The van der Waals surface area contributed by atoms with Crippen LogP contribution in [0.2, 0.25) is 5.02 Å². The molecule has 0 aromatic heterocycles. The second-order valence-electron chi connectivity index (χ2n) is 6.54. The molecular formula is C22H28ClFN2O. The molecule has 27 heavy (non-hydrogen) atoms. The third-order valence-electron chi connectivity index (χ3n) is 4.21. The van der Waals surface area contributed by atoms with Crippen LogP contribution >= 0.6 is 11.6 Å². The van der Waals surface area contributed by atoms with Crippen LogP contribution in [0.15, 0.2) is 47.6 Å². The lowest BCUT2D eigenvalue weighted by molar-refractivity contribution is 0.304. The molecule has 0 radical (unpaired) electrons. The molecule has 0 saturated carbocycles. The molecule has 2 aromatic carbocycles. The van der Waals surface area contributed by atoms with Crippen LogP contribution in [0.1, 0.15) is 57.4 Å². The molecule has 0 aliphatic heterocycles. The van der Waals surface area contributed by atoms with E-state index < -0.39 is 0 Å². The summed E-state index contributed by atoms with van der Waals surface area (Å²) in [6.45, 7) is 2.92. The number of benzene rings is 2. The second kappa shape index (κ2) is 12.3. The van der Waals surface area contributed by atoms with E-state index >= 15 is 0 Å². The zero-order chi connectivity index (χ0) is 19.3. The number of nitrogens with one attached hydrogen (secondary N) is 1. The first-order chi connectivity index (χ1) is 13.2. The number of rotatable bonds is 12. The molecule has 3 nitrogen and oxygen atoms in total. The Morgan fingerprint density at radius 1 is 1.00 bits per heavy atom. The minimum atomic E-state index is -0.275. The number of hydrogen-bond donors (Lipinski definition) is 1. The van der Waals surface area contributed by atoms with Gasteiger partial charge in [0.2, 0.25) is 0 Å². The van der Waals surface area contributed by atoms with Crippen LogP contribution in [0.25, 0.3) is 0 Å². The second-order valence-corrected chi connectivity index (χ2v) is 6.94. The van der Waals surface area contributed by atoms with Crippen molar-refractivity contribution in [2.45, 2.75) is 51.9 Å². The molecule has 2 aromatic rings. The van der Waals surface area contributed by atoms with Crippen molar-refractivity contribution >= 4 is 23.5 Å². The minimum Gasteiger partial charge on any atom is -0.492 e. The fourth-order valence-electron chi connectivity index (χ4n) is 2.66. The van der Waals surface area contributed by atoms with Crippen molar-refractivity contribution in [2.75, 3.05) is 12.0 Å². The molecule has 5 heteroatoms. The Labute approximate surface area is 166 Å². The fraction of sp³-hybridized carbons (Fsp3) is 0.409. The van der Waals surface area contributed by atoms with E-state index in [1.54, 1.807) is 18.3 Å². The van der Waals surface area contributed by atoms with Crippen molar-refractivity contribution in [1.82, 2.24) is 0 Å². The maximum Gasteiger partial charge on any atom is 0.137 e. The Balaban J connectivity index is 1.71. The normalized spacial score (nSPS) is 11.1. The quantitative estimate of drug-likeness (QED) is 0.239. The standard InChI is InChI=1S/C22H28ClFN2O/c1-2-3-4-5-6-7-8-15-27-22-14-9-18(16-21(22)23)17-25-26-20-12-10-19(24)11-13-20/h9-14,16-17,26H,2-8,15H2,1H3/b25-17+. The minimum absolute atomic E-state index is 0.275. The van der Waals surface area contributed by atoms with Gasteiger partial charge in [0.25, 0.3) is 0 Å². The number of anilines is 1. The molecule has 0 fully saturated rings. The number of halogens is 2. The number of hydrazone groups is 1. The molecule has 0 heterocycles. The molecule has 0 aliphatic rings. The molecule has 0 unspecified atom stereocenters. The summed E-state index contributed by atoms with van der Waals surface area (Å²) in [7, 11) is 0. The first-order valence-corrected chi connectivity index (χ1v) is 10.0. The average Bonchev–Trinajstić information content (AvgIpc) is 2.67. The lowest BCUT2D eigenvalue weighted by Crippen LogP contribution is -1.98. The van der Waals surface area contributed by atoms with E-state index in [0.717, 1.165) is 12.0 Å². The van der Waals surface area contributed by atoms with Crippen LogP contribution in [0.4, 0.5) is 10.1 Å². The van der Waals surface area contributed by atoms with Gasteiger partial charge >= 0.3 is 0 Å². The Morgan fingerprint density at radius 3 is 2.41 bits per heavy atom. The van der Waals surface area contributed by atoms with Gasteiger partial charge in [-0.15, -0.1) is 0 Å². The van der Waals surface area contributed by atoms with Gasteiger partial charge in [-0.2, -0.15) is 5.10 Å². The smallest absolute Gasteiger partial charge is 0.137 e. The van der Waals surface area contributed by atoms with Gasteiger partial charge in [0.05, 0.1) is 23.5 Å². The monoisotopic (exact) mass is 390 g/mol. The highest BCUT2D eigenvalue weighted by molar-refractivity contribution is 6.32. The van der Waals surface area contributed by atoms with Crippen LogP contribution < -0.4 is 10.2 Å². The van der Waals surface area contributed by atoms with Crippen molar-refractivity contribution in [3.8, 4) is 5.75 Å². The van der Waals surface area contributed by atoms with Crippen molar-refractivity contribution in [3.05, 3.63) is 58.9 Å². The van der Waals surface area contributed by atoms with Crippen molar-refractivity contribution in [3.63, 3.8) is 0 Å². The van der Waals surface area contributed by atoms with Gasteiger partial charge < -0.3 is 4.74 Å². The maximum atomic E-state index is 12.9. The molecule has 0 saturated heterocycles. The van der Waals surface area contributed by atoms with Gasteiger partial charge in [-0.25, -0.2) is 4.39 Å². The van der Waals surface area contributed by atoms with E-state index in [0.29, 0.717) is 23.1 Å². The van der Waals surface area contributed by atoms with Crippen molar-refractivity contribution in [2.24, 2.45) is 5.10 Å². The maximum absolute atomic E-state index is 12.9. The topological polar surface area (TPSA) is 33.6 Å². The summed E-state index contributed by atoms with van der Waals surface area (Å²) in [5, 5.41) is 4.71. The van der Waals surface area contributed by atoms with Crippen LogP contribution in [0.5, 0.6) is 5.75 Å². The Bertz CT molecular complexity index is 704. The van der Waals surface area contributed by atoms with Crippen molar-refractivity contribution < 1.29 is 9.13 Å². The number of nitrogens with zero attached hydrogens (tertiary/aromatic N) is 1. The largest absolute Gasteiger partial charge is 0.492 e. The third-order valence-corrected chi connectivity index (χ3v) is 4.51. The predicted molar refractivity (Wildman–Crippen MR) is 113 cm³/mol. The SMILES string of the molecule is CCCCCCCCCOc1ccc(/C=N/Nc2ccc(F)cc2)cc1Cl. The molecule has 0 bridgehead atoms. The average molecular weight is 391 g/mol. The van der Waals surface area contributed by atoms with Gasteiger partial charge in [-0.05, 0) is 54.4 Å². The van der Waals surface area contributed by atoms with E-state index in [1.165, 1.54) is 50.7 Å². The third kappa shape index (κ3) is 8.44. The van der Waals surface area contributed by atoms with Crippen molar-refractivity contribution in [1.29, 1.82) is 0 Å². The molecule has 0 aliphatic carbocycles. The molecule has 2 rings (SSSR count). The van der Waals surface area contributed by atoms with Crippen LogP contribution in [0.3, 0.4) is 0 Å². The lowest BCUT2D eigenvalue weighted by atomic mass is 10.1. The Hall–Kier alpha value is -2.07. The van der Waals surface area contributed by atoms with Gasteiger partial charge in [0.1, 0.15) is 11.6 Å². The molecule has 0 atom stereocenters. The molecule has 1 N–H and O–H groups in total. The van der Waals surface area contributed by atoms with Crippen LogP contribution in [-0.2, 0) is 0 Å². The first kappa shape index (κ1) is 21.2. The summed E-state index contributed by atoms with van der Waals surface area (Å²) in [5.41, 5.74) is 4.42. The summed E-state index contributed by atoms with van der Waals surface area (Å²) >= 11 is 6.29. The molecule has 0 amide bonds. The summed E-state index contributed by atoms with van der Waals surface area (Å²) < 4.78 is 18.6. The number of unbranched alkanes of at least 4 members (excludes halogenated alkanes) is 6. The zero-order valence-corrected chi connectivity index (χ0v) is 16.6. The molecular weight excluding hydrogens is 363 g/mol. The van der Waals surface area contributed by atoms with E-state index in [-0.39, 0.29) is 5.82 Å². The van der Waals surface area contributed by atoms with E-state index in [9.17, 15) is 4.39 Å². The van der Waals surface area contributed by atoms with Gasteiger partial charge in [0.15, 0.2) is 0 Å². The summed E-state index contributed by atoms with van der Waals surface area (Å²) in [4.78, 5) is 0. The molecule has 0 spiro atoms. The lowest BCUT2D eigenvalue weighted by Gasteiger charge is -2.08. The van der Waals surface area contributed by atoms with Gasteiger partial charge in [-0.1, -0.05) is 57.0 Å². The highest BCUT2D eigenvalue weighted by atomic mass is 35.5.